The summed E-state index contributed by atoms with van der Waals surface area (Å²) in [6.07, 6.45) is 4.54. The first kappa shape index (κ1) is 15.4. The van der Waals surface area contributed by atoms with Gasteiger partial charge in [0.05, 0.1) is 13.2 Å². The molecule has 1 unspecified atom stereocenters. The number of ether oxygens (including phenoxy) is 1. The molecular weight excluding hydrogens is 266 g/mol. The Bertz CT molecular complexity index is 658. The van der Waals surface area contributed by atoms with Gasteiger partial charge in [-0.05, 0) is 19.4 Å². The summed E-state index contributed by atoms with van der Waals surface area (Å²) in [5.74, 6) is 0.758. The lowest BCUT2D eigenvalue weighted by Crippen LogP contribution is -2.28. The lowest BCUT2D eigenvalue weighted by atomic mass is 10.0. The van der Waals surface area contributed by atoms with Crippen LogP contribution in [-0.2, 0) is 13.1 Å². The minimum atomic E-state index is -0.282. The van der Waals surface area contributed by atoms with Crippen LogP contribution in [-0.4, -0.2) is 16.2 Å². The van der Waals surface area contributed by atoms with Gasteiger partial charge in [0, 0.05) is 31.0 Å². The molecule has 1 heterocycles. The first-order valence-electron chi connectivity index (χ1n) is 7.22. The average Bonchev–Trinajstić information content (AvgIpc) is 2.80. The standard InChI is InChI=1S/C16H23N3O2/c1-4-7-18-8-9-19(16(18)20)11-14(17)13-10-12(2)5-6-15(13)21-3/h5-6,8-10,14H,4,7,11,17H2,1-3H3. The second-order valence-corrected chi connectivity index (χ2v) is 5.28. The number of methoxy groups -OCH3 is 1. The molecule has 0 spiro atoms. The normalized spacial score (nSPS) is 12.4. The summed E-state index contributed by atoms with van der Waals surface area (Å²) in [7, 11) is 1.63. The molecule has 2 rings (SSSR count). The van der Waals surface area contributed by atoms with Crippen LogP contribution in [0.4, 0.5) is 0 Å². The molecule has 0 saturated carbocycles. The highest BCUT2D eigenvalue weighted by Gasteiger charge is 2.14. The molecule has 2 N–H and O–H groups in total. The van der Waals surface area contributed by atoms with Gasteiger partial charge in [-0.1, -0.05) is 24.6 Å². The highest BCUT2D eigenvalue weighted by atomic mass is 16.5. The number of hydrogen-bond acceptors (Lipinski definition) is 3. The zero-order valence-corrected chi connectivity index (χ0v) is 12.9. The van der Waals surface area contributed by atoms with E-state index in [0.717, 1.165) is 29.8 Å². The zero-order chi connectivity index (χ0) is 15.4. The smallest absolute Gasteiger partial charge is 0.328 e. The zero-order valence-electron chi connectivity index (χ0n) is 12.9. The summed E-state index contributed by atoms with van der Waals surface area (Å²) in [6.45, 7) is 5.23. The van der Waals surface area contributed by atoms with E-state index in [1.54, 1.807) is 22.4 Å². The van der Waals surface area contributed by atoms with Gasteiger partial charge >= 0.3 is 5.69 Å². The summed E-state index contributed by atoms with van der Waals surface area (Å²) < 4.78 is 8.72. The molecule has 5 nitrogen and oxygen atoms in total. The number of aromatic nitrogens is 2. The van der Waals surface area contributed by atoms with E-state index < -0.39 is 0 Å². The number of hydrogen-bond donors (Lipinski definition) is 1. The molecule has 5 heteroatoms. The fraction of sp³-hybridized carbons (Fsp3) is 0.438. The SMILES string of the molecule is CCCn1ccn(CC(N)c2cc(C)ccc2OC)c1=O. The summed E-state index contributed by atoms with van der Waals surface area (Å²) in [5, 5.41) is 0. The van der Waals surface area contributed by atoms with Gasteiger partial charge in [-0.3, -0.25) is 9.13 Å². The Labute approximate surface area is 125 Å². The highest BCUT2D eigenvalue weighted by Crippen LogP contribution is 2.25. The van der Waals surface area contributed by atoms with Crippen LogP contribution in [0.5, 0.6) is 5.75 Å². The maximum atomic E-state index is 12.2. The average molecular weight is 289 g/mol. The highest BCUT2D eigenvalue weighted by molar-refractivity contribution is 5.38. The van der Waals surface area contributed by atoms with Crippen LogP contribution >= 0.6 is 0 Å². The fourth-order valence-corrected chi connectivity index (χ4v) is 2.46. The number of nitrogens with two attached hydrogens (primary N) is 1. The monoisotopic (exact) mass is 289 g/mol. The molecule has 0 saturated heterocycles. The van der Waals surface area contributed by atoms with Gasteiger partial charge in [0.15, 0.2) is 0 Å². The summed E-state index contributed by atoms with van der Waals surface area (Å²) in [5.41, 5.74) is 8.31. The molecule has 2 aromatic rings. The van der Waals surface area contributed by atoms with Gasteiger partial charge in [0.1, 0.15) is 5.75 Å². The minimum Gasteiger partial charge on any atom is -0.496 e. The Morgan fingerprint density at radius 3 is 2.67 bits per heavy atom. The summed E-state index contributed by atoms with van der Waals surface area (Å²) in [4.78, 5) is 12.2. The van der Waals surface area contributed by atoms with E-state index in [1.807, 2.05) is 38.2 Å². The van der Waals surface area contributed by atoms with E-state index in [0.29, 0.717) is 6.54 Å². The predicted octanol–water partition coefficient (Wildman–Crippen LogP) is 2.08. The third kappa shape index (κ3) is 3.36. The molecule has 114 valence electrons. The first-order valence-corrected chi connectivity index (χ1v) is 7.22. The maximum Gasteiger partial charge on any atom is 0.328 e. The second-order valence-electron chi connectivity index (χ2n) is 5.28. The van der Waals surface area contributed by atoms with E-state index in [9.17, 15) is 4.79 Å². The van der Waals surface area contributed by atoms with E-state index in [1.165, 1.54) is 0 Å². The van der Waals surface area contributed by atoms with E-state index >= 15 is 0 Å². The molecule has 1 aromatic carbocycles. The van der Waals surface area contributed by atoms with Gasteiger partial charge < -0.3 is 10.5 Å². The van der Waals surface area contributed by atoms with Crippen molar-refractivity contribution >= 4 is 0 Å². The maximum absolute atomic E-state index is 12.2. The summed E-state index contributed by atoms with van der Waals surface area (Å²) in [6, 6.07) is 5.63. The van der Waals surface area contributed by atoms with Crippen molar-refractivity contribution in [1.82, 2.24) is 9.13 Å². The minimum absolute atomic E-state index is 0.0149. The van der Waals surface area contributed by atoms with Gasteiger partial charge in [-0.2, -0.15) is 0 Å². The van der Waals surface area contributed by atoms with Gasteiger partial charge in [0.2, 0.25) is 0 Å². The van der Waals surface area contributed by atoms with Crippen LogP contribution in [0.1, 0.15) is 30.5 Å². The van der Waals surface area contributed by atoms with Crippen molar-refractivity contribution in [1.29, 1.82) is 0 Å². The molecule has 0 amide bonds. The van der Waals surface area contributed by atoms with Crippen molar-refractivity contribution in [3.8, 4) is 5.75 Å². The van der Waals surface area contributed by atoms with Crippen molar-refractivity contribution in [3.05, 3.63) is 52.2 Å². The van der Waals surface area contributed by atoms with Crippen molar-refractivity contribution in [2.75, 3.05) is 7.11 Å². The molecule has 0 radical (unpaired) electrons. The lowest BCUT2D eigenvalue weighted by Gasteiger charge is -2.16. The van der Waals surface area contributed by atoms with Crippen molar-refractivity contribution in [2.45, 2.75) is 39.4 Å². The molecule has 1 aromatic heterocycles. The lowest BCUT2D eigenvalue weighted by molar-refractivity contribution is 0.401. The Balaban J connectivity index is 2.24. The van der Waals surface area contributed by atoms with E-state index in [2.05, 4.69) is 0 Å². The molecule has 0 fully saturated rings. The van der Waals surface area contributed by atoms with Crippen molar-refractivity contribution in [2.24, 2.45) is 5.73 Å². The van der Waals surface area contributed by atoms with Crippen molar-refractivity contribution in [3.63, 3.8) is 0 Å². The predicted molar refractivity (Wildman–Crippen MR) is 83.6 cm³/mol. The molecular formula is C16H23N3O2. The van der Waals surface area contributed by atoms with Gasteiger partial charge in [0.25, 0.3) is 0 Å². The van der Waals surface area contributed by atoms with Gasteiger partial charge in [-0.25, -0.2) is 4.79 Å². The fourth-order valence-electron chi connectivity index (χ4n) is 2.46. The number of nitrogens with zero attached hydrogens (tertiary/aromatic N) is 2. The second kappa shape index (κ2) is 6.63. The first-order chi connectivity index (χ1) is 10.1. The molecule has 21 heavy (non-hydrogen) atoms. The number of imidazole rings is 1. The van der Waals surface area contributed by atoms with Crippen LogP contribution < -0.4 is 16.2 Å². The topological polar surface area (TPSA) is 62.2 Å². The van der Waals surface area contributed by atoms with Crippen LogP contribution in [0.15, 0.2) is 35.4 Å². The third-order valence-electron chi connectivity index (χ3n) is 3.56. The number of benzene rings is 1. The Kier molecular flexibility index (Phi) is 4.85. The molecule has 1 atom stereocenters. The Morgan fingerprint density at radius 1 is 1.29 bits per heavy atom. The van der Waals surface area contributed by atoms with Crippen molar-refractivity contribution < 1.29 is 4.74 Å². The third-order valence-corrected chi connectivity index (χ3v) is 3.56. The van der Waals surface area contributed by atoms with Crippen LogP contribution in [0.2, 0.25) is 0 Å². The molecule has 0 aliphatic carbocycles. The molecule has 0 aliphatic heterocycles. The van der Waals surface area contributed by atoms with Crippen LogP contribution in [0.3, 0.4) is 0 Å². The quantitative estimate of drug-likeness (QED) is 0.885. The number of rotatable bonds is 6. The summed E-state index contributed by atoms with van der Waals surface area (Å²) >= 11 is 0. The Hall–Kier alpha value is -2.01. The largest absolute Gasteiger partial charge is 0.496 e. The number of aryl methyl sites for hydroxylation is 2. The molecule has 0 bridgehead atoms. The Morgan fingerprint density at radius 2 is 2.00 bits per heavy atom. The van der Waals surface area contributed by atoms with E-state index in [-0.39, 0.29) is 11.7 Å². The van der Waals surface area contributed by atoms with E-state index in [4.69, 9.17) is 10.5 Å². The van der Waals surface area contributed by atoms with Crippen LogP contribution in [0, 0.1) is 6.92 Å². The van der Waals surface area contributed by atoms with Gasteiger partial charge in [-0.15, -0.1) is 0 Å². The molecule has 0 aliphatic rings. The van der Waals surface area contributed by atoms with Crippen LogP contribution in [0.25, 0.3) is 0 Å².